The van der Waals surface area contributed by atoms with Crippen molar-refractivity contribution in [3.8, 4) is 10.6 Å². The van der Waals surface area contributed by atoms with Gasteiger partial charge in [0.1, 0.15) is 5.01 Å². The molecule has 0 amide bonds. The third-order valence-corrected chi connectivity index (χ3v) is 4.74. The third kappa shape index (κ3) is 2.47. The smallest absolute Gasteiger partial charge is 0.123 e. The van der Waals surface area contributed by atoms with Crippen LogP contribution in [0.3, 0.4) is 0 Å². The SMILES string of the molecule is Cc1nc(-c2ccccc2)sc1CC1CCCN1. The summed E-state index contributed by atoms with van der Waals surface area (Å²) in [4.78, 5) is 6.15. The van der Waals surface area contributed by atoms with Crippen LogP contribution in [0, 0.1) is 6.92 Å². The summed E-state index contributed by atoms with van der Waals surface area (Å²) < 4.78 is 0. The molecule has 0 aliphatic carbocycles. The zero-order valence-corrected chi connectivity index (χ0v) is 11.5. The van der Waals surface area contributed by atoms with Gasteiger partial charge in [0.25, 0.3) is 0 Å². The Balaban J connectivity index is 1.82. The minimum Gasteiger partial charge on any atom is -0.314 e. The number of nitrogens with zero attached hydrogens (tertiary/aromatic N) is 1. The first-order valence-corrected chi connectivity index (χ1v) is 7.39. The van der Waals surface area contributed by atoms with Crippen LogP contribution in [0.2, 0.25) is 0 Å². The lowest BCUT2D eigenvalue weighted by Gasteiger charge is -2.07. The maximum Gasteiger partial charge on any atom is 0.123 e. The van der Waals surface area contributed by atoms with Crippen molar-refractivity contribution in [1.29, 1.82) is 0 Å². The molecule has 1 aliphatic rings. The molecule has 1 saturated heterocycles. The van der Waals surface area contributed by atoms with Gasteiger partial charge in [0.2, 0.25) is 0 Å². The van der Waals surface area contributed by atoms with E-state index >= 15 is 0 Å². The molecule has 1 atom stereocenters. The molecule has 0 bridgehead atoms. The van der Waals surface area contributed by atoms with Crippen LogP contribution in [0.4, 0.5) is 0 Å². The lowest BCUT2D eigenvalue weighted by atomic mass is 10.1. The van der Waals surface area contributed by atoms with E-state index in [0.29, 0.717) is 6.04 Å². The van der Waals surface area contributed by atoms with Crippen LogP contribution in [-0.4, -0.2) is 17.6 Å². The maximum absolute atomic E-state index is 4.71. The lowest BCUT2D eigenvalue weighted by Crippen LogP contribution is -2.23. The van der Waals surface area contributed by atoms with E-state index in [2.05, 4.69) is 36.5 Å². The summed E-state index contributed by atoms with van der Waals surface area (Å²) in [7, 11) is 0. The number of thiazole rings is 1. The first-order chi connectivity index (χ1) is 8.83. The molecule has 1 unspecified atom stereocenters. The summed E-state index contributed by atoms with van der Waals surface area (Å²) >= 11 is 1.85. The molecular formula is C15H18N2S. The van der Waals surface area contributed by atoms with E-state index in [9.17, 15) is 0 Å². The second-order valence-corrected chi connectivity index (χ2v) is 5.97. The third-order valence-electron chi connectivity index (χ3n) is 3.51. The van der Waals surface area contributed by atoms with Gasteiger partial charge in [0.05, 0.1) is 5.69 Å². The average Bonchev–Trinajstić information content (AvgIpc) is 3.02. The summed E-state index contributed by atoms with van der Waals surface area (Å²) in [5, 5.41) is 4.71. The number of aromatic nitrogens is 1. The highest BCUT2D eigenvalue weighted by molar-refractivity contribution is 7.15. The summed E-state index contributed by atoms with van der Waals surface area (Å²) in [6.07, 6.45) is 3.75. The first-order valence-electron chi connectivity index (χ1n) is 6.58. The normalized spacial score (nSPS) is 19.3. The fourth-order valence-electron chi connectivity index (χ4n) is 2.48. The molecule has 0 saturated carbocycles. The maximum atomic E-state index is 4.71. The highest BCUT2D eigenvalue weighted by Gasteiger charge is 2.18. The van der Waals surface area contributed by atoms with E-state index in [-0.39, 0.29) is 0 Å². The Bertz CT molecular complexity index is 513. The van der Waals surface area contributed by atoms with Crippen molar-refractivity contribution in [3.05, 3.63) is 40.9 Å². The lowest BCUT2D eigenvalue weighted by molar-refractivity contribution is 0.606. The molecule has 2 nitrogen and oxygen atoms in total. The predicted octanol–water partition coefficient (Wildman–Crippen LogP) is 3.41. The van der Waals surface area contributed by atoms with Crippen molar-refractivity contribution in [2.75, 3.05) is 6.54 Å². The monoisotopic (exact) mass is 258 g/mol. The molecule has 18 heavy (non-hydrogen) atoms. The quantitative estimate of drug-likeness (QED) is 0.912. The second kappa shape index (κ2) is 5.21. The van der Waals surface area contributed by atoms with Gasteiger partial charge in [-0.25, -0.2) is 4.98 Å². The molecule has 94 valence electrons. The fourth-order valence-corrected chi connectivity index (χ4v) is 3.62. The molecule has 3 rings (SSSR count). The second-order valence-electron chi connectivity index (χ2n) is 4.89. The number of benzene rings is 1. The molecule has 0 radical (unpaired) electrons. The number of aryl methyl sites for hydroxylation is 1. The van der Waals surface area contributed by atoms with Gasteiger partial charge < -0.3 is 5.32 Å². The van der Waals surface area contributed by atoms with Crippen LogP contribution in [0.15, 0.2) is 30.3 Å². The Kier molecular flexibility index (Phi) is 3.43. The molecule has 1 aromatic carbocycles. The van der Waals surface area contributed by atoms with E-state index in [1.54, 1.807) is 0 Å². The van der Waals surface area contributed by atoms with Crippen LogP contribution < -0.4 is 5.32 Å². The van der Waals surface area contributed by atoms with Gasteiger partial charge in [-0.15, -0.1) is 11.3 Å². The largest absolute Gasteiger partial charge is 0.314 e. The van der Waals surface area contributed by atoms with E-state index in [1.807, 2.05) is 17.4 Å². The van der Waals surface area contributed by atoms with Gasteiger partial charge >= 0.3 is 0 Å². The zero-order chi connectivity index (χ0) is 12.4. The Morgan fingerprint density at radius 3 is 2.89 bits per heavy atom. The minimum atomic E-state index is 0.660. The van der Waals surface area contributed by atoms with Crippen molar-refractivity contribution in [3.63, 3.8) is 0 Å². The van der Waals surface area contributed by atoms with Crippen LogP contribution in [0.25, 0.3) is 10.6 Å². The van der Waals surface area contributed by atoms with Gasteiger partial charge in [-0.2, -0.15) is 0 Å². The zero-order valence-electron chi connectivity index (χ0n) is 10.6. The molecule has 2 heterocycles. The van der Waals surface area contributed by atoms with Gasteiger partial charge in [-0.1, -0.05) is 30.3 Å². The highest BCUT2D eigenvalue weighted by atomic mass is 32.1. The Morgan fingerprint density at radius 1 is 1.33 bits per heavy atom. The van der Waals surface area contributed by atoms with E-state index < -0.39 is 0 Å². The molecular weight excluding hydrogens is 240 g/mol. The van der Waals surface area contributed by atoms with Crippen LogP contribution in [0.1, 0.15) is 23.4 Å². The van der Waals surface area contributed by atoms with E-state index in [0.717, 1.165) is 11.4 Å². The number of rotatable bonds is 3. The standard InChI is InChI=1S/C15H18N2S/c1-11-14(10-13-8-5-9-16-13)18-15(17-11)12-6-3-2-4-7-12/h2-4,6-7,13,16H,5,8-10H2,1H3. The van der Waals surface area contributed by atoms with Gasteiger partial charge in [0, 0.05) is 16.5 Å². The van der Waals surface area contributed by atoms with Gasteiger partial charge in [-0.3, -0.25) is 0 Å². The topological polar surface area (TPSA) is 24.9 Å². The van der Waals surface area contributed by atoms with E-state index in [1.165, 1.54) is 35.5 Å². The molecule has 3 heteroatoms. The fraction of sp³-hybridized carbons (Fsp3) is 0.400. The number of nitrogens with one attached hydrogen (secondary N) is 1. The number of hydrogen-bond acceptors (Lipinski definition) is 3. The van der Waals surface area contributed by atoms with Crippen molar-refractivity contribution < 1.29 is 0 Å². The van der Waals surface area contributed by atoms with Gasteiger partial charge in [-0.05, 0) is 32.7 Å². The van der Waals surface area contributed by atoms with Crippen molar-refractivity contribution in [1.82, 2.24) is 10.3 Å². The summed E-state index contributed by atoms with van der Waals surface area (Å²) in [6, 6.07) is 11.1. The van der Waals surface area contributed by atoms with Crippen molar-refractivity contribution >= 4 is 11.3 Å². The van der Waals surface area contributed by atoms with E-state index in [4.69, 9.17) is 4.98 Å². The van der Waals surface area contributed by atoms with Crippen LogP contribution >= 0.6 is 11.3 Å². The highest BCUT2D eigenvalue weighted by Crippen LogP contribution is 2.29. The minimum absolute atomic E-state index is 0.660. The molecule has 2 aromatic rings. The molecule has 1 N–H and O–H groups in total. The molecule has 1 fully saturated rings. The Hall–Kier alpha value is -1.19. The summed E-state index contributed by atoms with van der Waals surface area (Å²) in [5.74, 6) is 0. The Morgan fingerprint density at radius 2 is 2.17 bits per heavy atom. The van der Waals surface area contributed by atoms with Crippen LogP contribution in [-0.2, 0) is 6.42 Å². The van der Waals surface area contributed by atoms with Crippen molar-refractivity contribution in [2.24, 2.45) is 0 Å². The van der Waals surface area contributed by atoms with Crippen molar-refractivity contribution in [2.45, 2.75) is 32.2 Å². The summed E-state index contributed by atoms with van der Waals surface area (Å²) in [6.45, 7) is 3.31. The molecule has 1 aromatic heterocycles. The first kappa shape index (κ1) is 11.9. The Labute approximate surface area is 112 Å². The van der Waals surface area contributed by atoms with Gasteiger partial charge in [0.15, 0.2) is 0 Å². The molecule has 1 aliphatic heterocycles. The molecule has 0 spiro atoms. The van der Waals surface area contributed by atoms with Crippen LogP contribution in [0.5, 0.6) is 0 Å². The predicted molar refractivity (Wildman–Crippen MR) is 77.0 cm³/mol. The average molecular weight is 258 g/mol. The number of hydrogen-bond donors (Lipinski definition) is 1. The summed E-state index contributed by atoms with van der Waals surface area (Å²) in [5.41, 5.74) is 2.43.